The van der Waals surface area contributed by atoms with Gasteiger partial charge in [-0.2, -0.15) is 0 Å². The van der Waals surface area contributed by atoms with Gasteiger partial charge in [0.2, 0.25) is 5.91 Å². The predicted molar refractivity (Wildman–Crippen MR) is 83.0 cm³/mol. The number of aromatic nitrogens is 2. The molecule has 1 aliphatic heterocycles. The van der Waals surface area contributed by atoms with E-state index in [1.165, 1.54) is 12.4 Å². The number of hydrogen-bond donors (Lipinski definition) is 3. The van der Waals surface area contributed by atoms with Gasteiger partial charge >= 0.3 is 5.97 Å². The lowest BCUT2D eigenvalue weighted by Crippen LogP contribution is -2.44. The average Bonchev–Trinajstić information content (AvgIpc) is 3.24. The summed E-state index contributed by atoms with van der Waals surface area (Å²) in [5, 5.41) is 14.4. The maximum Gasteiger partial charge on any atom is 0.320 e. The Bertz CT molecular complexity index is 748. The molecule has 0 unspecified atom stereocenters. The van der Waals surface area contributed by atoms with Gasteiger partial charge in [0.05, 0.1) is 18.1 Å². The molecule has 1 aromatic carbocycles. The fourth-order valence-corrected chi connectivity index (χ4v) is 2.73. The van der Waals surface area contributed by atoms with Crippen LogP contribution in [0.2, 0.25) is 0 Å². The molecule has 0 spiro atoms. The van der Waals surface area contributed by atoms with Crippen molar-refractivity contribution in [1.82, 2.24) is 20.2 Å². The first-order chi connectivity index (χ1) is 11.5. The highest BCUT2D eigenvalue weighted by Crippen LogP contribution is 2.16. The van der Waals surface area contributed by atoms with Crippen LogP contribution in [0.4, 0.5) is 4.39 Å². The molecule has 1 aromatic heterocycles. The Hall–Kier alpha value is -2.74. The number of carbonyl (C=O) groups is 2. The highest BCUT2D eigenvalue weighted by Gasteiger charge is 2.32. The number of hydrogen-bond acceptors (Lipinski definition) is 4. The quantitative estimate of drug-likeness (QED) is 0.754. The first-order valence-corrected chi connectivity index (χ1v) is 7.58. The smallest absolute Gasteiger partial charge is 0.320 e. The lowest BCUT2D eigenvalue weighted by molar-refractivity contribution is -0.139. The third-order valence-electron chi connectivity index (χ3n) is 4.02. The largest absolute Gasteiger partial charge is 0.480 e. The first-order valence-electron chi connectivity index (χ1n) is 7.58. The summed E-state index contributed by atoms with van der Waals surface area (Å²) in [4.78, 5) is 26.8. The monoisotopic (exact) mass is 332 g/mol. The Morgan fingerprint density at radius 2 is 2.17 bits per heavy atom. The molecule has 24 heavy (non-hydrogen) atoms. The highest BCUT2D eigenvalue weighted by molar-refractivity contribution is 5.84. The maximum atomic E-state index is 14.1. The molecule has 1 aliphatic rings. The van der Waals surface area contributed by atoms with Crippen molar-refractivity contribution < 1.29 is 19.1 Å². The van der Waals surface area contributed by atoms with Crippen LogP contribution < -0.4 is 10.6 Å². The SMILES string of the molecule is O=C(O)[C@@H]1CC[C@H](C(=O)NCc2ccc(-n3ccnc3)c(F)c2)N1. The molecular formula is C16H17FN4O3. The average molecular weight is 332 g/mol. The van der Waals surface area contributed by atoms with Crippen molar-refractivity contribution in [2.75, 3.05) is 0 Å². The Labute approximate surface area is 137 Å². The molecule has 0 radical (unpaired) electrons. The number of amides is 1. The first kappa shape index (κ1) is 16.1. The van der Waals surface area contributed by atoms with Gasteiger partial charge in [-0.05, 0) is 30.5 Å². The van der Waals surface area contributed by atoms with Gasteiger partial charge in [-0.25, -0.2) is 9.37 Å². The van der Waals surface area contributed by atoms with E-state index in [0.29, 0.717) is 24.1 Å². The van der Waals surface area contributed by atoms with E-state index in [2.05, 4.69) is 15.6 Å². The van der Waals surface area contributed by atoms with Crippen molar-refractivity contribution in [2.24, 2.45) is 0 Å². The van der Waals surface area contributed by atoms with Crippen LogP contribution in [0.3, 0.4) is 0 Å². The molecule has 8 heteroatoms. The zero-order valence-corrected chi connectivity index (χ0v) is 12.8. The summed E-state index contributed by atoms with van der Waals surface area (Å²) >= 11 is 0. The van der Waals surface area contributed by atoms with Gasteiger partial charge in [0.1, 0.15) is 11.9 Å². The maximum absolute atomic E-state index is 14.1. The van der Waals surface area contributed by atoms with Gasteiger partial charge in [0.25, 0.3) is 0 Å². The van der Waals surface area contributed by atoms with Crippen molar-refractivity contribution in [3.63, 3.8) is 0 Å². The molecule has 7 nitrogen and oxygen atoms in total. The molecule has 1 amide bonds. The molecule has 2 aromatic rings. The topological polar surface area (TPSA) is 96.2 Å². The Balaban J connectivity index is 1.58. The second-order valence-electron chi connectivity index (χ2n) is 5.66. The minimum atomic E-state index is -0.956. The van der Waals surface area contributed by atoms with Crippen molar-refractivity contribution in [3.8, 4) is 5.69 Å². The predicted octanol–water partition coefficient (Wildman–Crippen LogP) is 0.833. The van der Waals surface area contributed by atoms with E-state index in [-0.39, 0.29) is 12.5 Å². The van der Waals surface area contributed by atoms with Gasteiger partial charge in [-0.3, -0.25) is 14.9 Å². The molecule has 126 valence electrons. The molecule has 3 N–H and O–H groups in total. The molecule has 2 atom stereocenters. The lowest BCUT2D eigenvalue weighted by Gasteiger charge is -2.13. The van der Waals surface area contributed by atoms with E-state index < -0.39 is 23.9 Å². The molecule has 1 fully saturated rings. The standard InChI is InChI=1S/C16H17FN4O3/c17-11-7-10(1-4-14(11)21-6-5-18-9-21)8-19-15(22)12-2-3-13(20-12)16(23)24/h1,4-7,9,12-13,20H,2-3,8H2,(H,19,22)(H,23,24)/t12-,13+/m1/s1. The normalized spacial score (nSPS) is 20.0. The number of benzene rings is 1. The molecule has 0 saturated carbocycles. The van der Waals surface area contributed by atoms with E-state index in [1.807, 2.05) is 0 Å². The Morgan fingerprint density at radius 1 is 1.38 bits per heavy atom. The van der Waals surface area contributed by atoms with Gasteiger partial charge in [-0.1, -0.05) is 6.07 Å². The highest BCUT2D eigenvalue weighted by atomic mass is 19.1. The second kappa shape index (κ2) is 6.79. The van der Waals surface area contributed by atoms with Gasteiger partial charge < -0.3 is 15.0 Å². The van der Waals surface area contributed by atoms with Crippen LogP contribution in [0.5, 0.6) is 0 Å². The number of carbonyl (C=O) groups excluding carboxylic acids is 1. The van der Waals surface area contributed by atoms with Gasteiger partial charge in [-0.15, -0.1) is 0 Å². The van der Waals surface area contributed by atoms with Gasteiger partial charge in [0.15, 0.2) is 0 Å². The van der Waals surface area contributed by atoms with Crippen molar-refractivity contribution in [2.45, 2.75) is 31.5 Å². The lowest BCUT2D eigenvalue weighted by atomic mass is 10.1. The molecule has 2 heterocycles. The fraction of sp³-hybridized carbons (Fsp3) is 0.312. The number of rotatable bonds is 5. The summed E-state index contributed by atoms with van der Waals surface area (Å²) < 4.78 is 15.7. The molecule has 0 bridgehead atoms. The van der Waals surface area contributed by atoms with E-state index in [1.54, 1.807) is 29.1 Å². The summed E-state index contributed by atoms with van der Waals surface area (Å²) in [5.74, 6) is -1.65. The molecule has 0 aliphatic carbocycles. The summed E-state index contributed by atoms with van der Waals surface area (Å²) in [6, 6.07) is 3.49. The Morgan fingerprint density at radius 3 is 2.79 bits per heavy atom. The Kier molecular flexibility index (Phi) is 4.57. The van der Waals surface area contributed by atoms with Crippen molar-refractivity contribution in [1.29, 1.82) is 0 Å². The van der Waals surface area contributed by atoms with Crippen LogP contribution in [0, 0.1) is 5.82 Å². The summed E-state index contributed by atoms with van der Waals surface area (Å²) in [5.41, 5.74) is 1.00. The van der Waals surface area contributed by atoms with Gasteiger partial charge in [0, 0.05) is 18.9 Å². The summed E-state index contributed by atoms with van der Waals surface area (Å²) in [6.45, 7) is 0.176. The summed E-state index contributed by atoms with van der Waals surface area (Å²) in [7, 11) is 0. The molecule has 1 saturated heterocycles. The van der Waals surface area contributed by atoms with Crippen LogP contribution >= 0.6 is 0 Å². The zero-order chi connectivity index (χ0) is 17.1. The fourth-order valence-electron chi connectivity index (χ4n) is 2.73. The minimum absolute atomic E-state index is 0.176. The zero-order valence-electron chi connectivity index (χ0n) is 12.8. The number of carboxylic acid groups (broad SMARTS) is 1. The van der Waals surface area contributed by atoms with Crippen LogP contribution in [0.15, 0.2) is 36.9 Å². The third kappa shape index (κ3) is 3.43. The van der Waals surface area contributed by atoms with Crippen LogP contribution in [0.1, 0.15) is 18.4 Å². The van der Waals surface area contributed by atoms with Crippen molar-refractivity contribution >= 4 is 11.9 Å². The molecule has 3 rings (SSSR count). The van der Waals surface area contributed by atoms with Crippen LogP contribution in [-0.4, -0.2) is 38.6 Å². The van der Waals surface area contributed by atoms with Crippen molar-refractivity contribution in [3.05, 3.63) is 48.3 Å². The van der Waals surface area contributed by atoms with E-state index in [9.17, 15) is 14.0 Å². The number of nitrogens with zero attached hydrogens (tertiary/aromatic N) is 2. The van der Waals surface area contributed by atoms with E-state index in [4.69, 9.17) is 5.11 Å². The molecular weight excluding hydrogens is 315 g/mol. The van der Waals surface area contributed by atoms with Crippen LogP contribution in [0.25, 0.3) is 5.69 Å². The second-order valence-corrected chi connectivity index (χ2v) is 5.66. The third-order valence-corrected chi connectivity index (χ3v) is 4.02. The van der Waals surface area contributed by atoms with E-state index >= 15 is 0 Å². The number of aliphatic carboxylic acids is 1. The number of halogens is 1. The number of carboxylic acids is 1. The van der Waals surface area contributed by atoms with Crippen LogP contribution in [-0.2, 0) is 16.1 Å². The minimum Gasteiger partial charge on any atom is -0.480 e. The summed E-state index contributed by atoms with van der Waals surface area (Å²) in [6.07, 6.45) is 5.60. The number of imidazole rings is 1. The number of nitrogens with one attached hydrogen (secondary N) is 2. The van der Waals surface area contributed by atoms with E-state index in [0.717, 1.165) is 0 Å².